The van der Waals surface area contributed by atoms with Gasteiger partial charge in [-0.25, -0.2) is 4.39 Å². The molecular formula is C9H8FN3OS. The lowest BCUT2D eigenvalue weighted by molar-refractivity contribution is 0.411. The maximum atomic E-state index is 13.6. The van der Waals surface area contributed by atoms with Crippen LogP contribution < -0.4 is 10.5 Å². The third-order valence-corrected chi connectivity index (χ3v) is 2.63. The van der Waals surface area contributed by atoms with Crippen molar-refractivity contribution in [2.75, 3.05) is 12.8 Å². The molecule has 0 amide bonds. The first-order valence-corrected chi connectivity index (χ1v) is 4.95. The zero-order valence-electron chi connectivity index (χ0n) is 7.90. The first-order chi connectivity index (χ1) is 7.20. The molecule has 0 bridgehead atoms. The van der Waals surface area contributed by atoms with Gasteiger partial charge in [0.1, 0.15) is 11.6 Å². The van der Waals surface area contributed by atoms with E-state index >= 15 is 0 Å². The largest absolute Gasteiger partial charge is 0.497 e. The van der Waals surface area contributed by atoms with Gasteiger partial charge < -0.3 is 10.5 Å². The molecule has 1 aromatic carbocycles. The Kier molecular flexibility index (Phi) is 2.51. The minimum atomic E-state index is -0.398. The van der Waals surface area contributed by atoms with Gasteiger partial charge in [-0.15, -0.1) is 10.2 Å². The molecule has 1 aromatic heterocycles. The first-order valence-electron chi connectivity index (χ1n) is 4.13. The molecule has 15 heavy (non-hydrogen) atoms. The Balaban J connectivity index is 2.45. The Morgan fingerprint density at radius 3 is 2.73 bits per heavy atom. The van der Waals surface area contributed by atoms with Crippen molar-refractivity contribution in [3.63, 3.8) is 0 Å². The second-order valence-corrected chi connectivity index (χ2v) is 3.80. The lowest BCUT2D eigenvalue weighted by Crippen LogP contribution is -1.87. The molecule has 0 fully saturated rings. The third-order valence-electron chi connectivity index (χ3n) is 1.85. The molecule has 6 heteroatoms. The van der Waals surface area contributed by atoms with Gasteiger partial charge in [-0.3, -0.25) is 0 Å². The molecule has 0 aliphatic heterocycles. The molecule has 0 unspecified atom stereocenters. The third kappa shape index (κ3) is 1.89. The van der Waals surface area contributed by atoms with Crippen molar-refractivity contribution < 1.29 is 9.13 Å². The molecule has 0 radical (unpaired) electrons. The highest BCUT2D eigenvalue weighted by Crippen LogP contribution is 2.29. The predicted molar refractivity (Wildman–Crippen MR) is 56.3 cm³/mol. The number of nitrogens with zero attached hydrogens (tertiary/aromatic N) is 2. The van der Waals surface area contributed by atoms with Crippen LogP contribution >= 0.6 is 11.3 Å². The number of aromatic nitrogens is 2. The molecular weight excluding hydrogens is 217 g/mol. The highest BCUT2D eigenvalue weighted by atomic mass is 32.1. The highest BCUT2D eigenvalue weighted by molar-refractivity contribution is 7.18. The van der Waals surface area contributed by atoms with E-state index in [9.17, 15) is 4.39 Å². The van der Waals surface area contributed by atoms with E-state index in [1.807, 2.05) is 0 Å². The normalized spacial score (nSPS) is 10.3. The fourth-order valence-corrected chi connectivity index (χ4v) is 1.78. The Bertz CT molecular complexity index is 486. The molecule has 2 rings (SSSR count). The summed E-state index contributed by atoms with van der Waals surface area (Å²) in [7, 11) is 1.48. The van der Waals surface area contributed by atoms with Crippen LogP contribution in [0.5, 0.6) is 5.75 Å². The van der Waals surface area contributed by atoms with Crippen LogP contribution in [-0.2, 0) is 0 Å². The van der Waals surface area contributed by atoms with Crippen LogP contribution in [-0.4, -0.2) is 17.3 Å². The van der Waals surface area contributed by atoms with Crippen molar-refractivity contribution in [1.82, 2.24) is 10.2 Å². The topological polar surface area (TPSA) is 61.0 Å². The van der Waals surface area contributed by atoms with Crippen molar-refractivity contribution in [2.45, 2.75) is 0 Å². The molecule has 2 aromatic rings. The van der Waals surface area contributed by atoms with Crippen LogP contribution in [0.2, 0.25) is 0 Å². The molecule has 0 aliphatic carbocycles. The maximum absolute atomic E-state index is 13.6. The van der Waals surface area contributed by atoms with E-state index in [1.54, 1.807) is 12.1 Å². The summed E-state index contributed by atoms with van der Waals surface area (Å²) >= 11 is 1.14. The summed E-state index contributed by atoms with van der Waals surface area (Å²) in [6.07, 6.45) is 0. The predicted octanol–water partition coefficient (Wildman–Crippen LogP) is 1.94. The monoisotopic (exact) mass is 225 g/mol. The summed E-state index contributed by atoms with van der Waals surface area (Å²) in [4.78, 5) is 0. The van der Waals surface area contributed by atoms with Crippen LogP contribution in [0.3, 0.4) is 0 Å². The van der Waals surface area contributed by atoms with Crippen LogP contribution in [0.25, 0.3) is 10.6 Å². The fraction of sp³-hybridized carbons (Fsp3) is 0.111. The lowest BCUT2D eigenvalue weighted by Gasteiger charge is -2.01. The molecule has 0 saturated heterocycles. The van der Waals surface area contributed by atoms with E-state index in [0.717, 1.165) is 11.3 Å². The Labute approximate surface area is 89.5 Å². The number of ether oxygens (including phenoxy) is 1. The Morgan fingerprint density at radius 1 is 1.40 bits per heavy atom. The van der Waals surface area contributed by atoms with Gasteiger partial charge in [0, 0.05) is 11.6 Å². The summed E-state index contributed by atoms with van der Waals surface area (Å²) in [6.45, 7) is 0. The van der Waals surface area contributed by atoms with Gasteiger partial charge >= 0.3 is 0 Å². The van der Waals surface area contributed by atoms with E-state index in [4.69, 9.17) is 10.5 Å². The molecule has 0 spiro atoms. The number of methoxy groups -OCH3 is 1. The van der Waals surface area contributed by atoms with Gasteiger partial charge in [-0.05, 0) is 12.1 Å². The molecule has 78 valence electrons. The summed E-state index contributed by atoms with van der Waals surface area (Å²) in [5.41, 5.74) is 5.80. The zero-order chi connectivity index (χ0) is 10.8. The minimum Gasteiger partial charge on any atom is -0.497 e. The average Bonchev–Trinajstić information content (AvgIpc) is 2.64. The van der Waals surface area contributed by atoms with Crippen molar-refractivity contribution in [2.24, 2.45) is 0 Å². The summed E-state index contributed by atoms with van der Waals surface area (Å²) in [5, 5.41) is 8.18. The second kappa shape index (κ2) is 3.82. The highest BCUT2D eigenvalue weighted by Gasteiger charge is 2.10. The van der Waals surface area contributed by atoms with Gasteiger partial charge in [-0.2, -0.15) is 0 Å². The molecule has 4 nitrogen and oxygen atoms in total. The quantitative estimate of drug-likeness (QED) is 0.848. The van der Waals surface area contributed by atoms with Gasteiger partial charge in [0.05, 0.1) is 7.11 Å². The van der Waals surface area contributed by atoms with E-state index in [-0.39, 0.29) is 0 Å². The van der Waals surface area contributed by atoms with Crippen molar-refractivity contribution in [3.8, 4) is 16.3 Å². The number of rotatable bonds is 2. The van der Waals surface area contributed by atoms with Crippen LogP contribution in [0.4, 0.5) is 9.52 Å². The van der Waals surface area contributed by atoms with Crippen molar-refractivity contribution >= 4 is 16.5 Å². The number of hydrogen-bond acceptors (Lipinski definition) is 5. The minimum absolute atomic E-state index is 0.320. The molecule has 0 atom stereocenters. The first kappa shape index (κ1) is 9.85. The maximum Gasteiger partial charge on any atom is 0.203 e. The van der Waals surface area contributed by atoms with Crippen molar-refractivity contribution in [3.05, 3.63) is 24.0 Å². The van der Waals surface area contributed by atoms with Crippen LogP contribution in [0.1, 0.15) is 0 Å². The van der Waals surface area contributed by atoms with Gasteiger partial charge in [0.15, 0.2) is 5.01 Å². The number of anilines is 1. The number of nitrogens with two attached hydrogens (primary N) is 1. The Morgan fingerprint density at radius 2 is 2.20 bits per heavy atom. The smallest absolute Gasteiger partial charge is 0.203 e. The van der Waals surface area contributed by atoms with Gasteiger partial charge in [0.25, 0.3) is 0 Å². The number of hydrogen-bond donors (Lipinski definition) is 1. The summed E-state index contributed by atoms with van der Waals surface area (Å²) < 4.78 is 18.4. The average molecular weight is 225 g/mol. The Hall–Kier alpha value is -1.69. The van der Waals surface area contributed by atoms with Gasteiger partial charge in [-0.1, -0.05) is 11.3 Å². The molecule has 2 N–H and O–H groups in total. The standard InChI is InChI=1S/C9H8FN3OS/c1-14-5-2-3-6(7(10)4-5)8-12-13-9(11)15-8/h2-4H,1H3,(H2,11,13). The SMILES string of the molecule is COc1ccc(-c2nnc(N)s2)c(F)c1. The van der Waals surface area contributed by atoms with E-state index < -0.39 is 5.82 Å². The molecule has 1 heterocycles. The van der Waals surface area contributed by atoms with Crippen molar-refractivity contribution in [1.29, 1.82) is 0 Å². The van der Waals surface area contributed by atoms with E-state index in [0.29, 0.717) is 21.5 Å². The van der Waals surface area contributed by atoms with E-state index in [1.165, 1.54) is 13.2 Å². The lowest BCUT2D eigenvalue weighted by atomic mass is 10.2. The number of nitrogen functional groups attached to an aromatic ring is 1. The summed E-state index contributed by atoms with van der Waals surface area (Å²) in [5.74, 6) is 0.0687. The van der Waals surface area contributed by atoms with E-state index in [2.05, 4.69) is 10.2 Å². The fourth-order valence-electron chi connectivity index (χ4n) is 1.14. The van der Waals surface area contributed by atoms with Gasteiger partial charge in [0.2, 0.25) is 5.13 Å². The molecule has 0 saturated carbocycles. The molecule has 0 aliphatic rings. The number of benzene rings is 1. The number of halogens is 1. The second-order valence-electron chi connectivity index (χ2n) is 2.79. The zero-order valence-corrected chi connectivity index (χ0v) is 8.71. The van der Waals surface area contributed by atoms with Crippen LogP contribution in [0.15, 0.2) is 18.2 Å². The van der Waals surface area contributed by atoms with Crippen LogP contribution in [0, 0.1) is 5.82 Å². The summed E-state index contributed by atoms with van der Waals surface area (Å²) in [6, 6.07) is 4.55.